The second kappa shape index (κ2) is 7.12. The predicted octanol–water partition coefficient (Wildman–Crippen LogP) is -1.18. The lowest BCUT2D eigenvalue weighted by molar-refractivity contribution is 0.284. The molecule has 7 nitrogen and oxygen atoms in total. The minimum absolute atomic E-state index is 0.0815. The lowest BCUT2D eigenvalue weighted by atomic mass is 10.9. The summed E-state index contributed by atoms with van der Waals surface area (Å²) < 4.78 is 53.2. The highest BCUT2D eigenvalue weighted by atomic mass is 32.3. The summed E-state index contributed by atoms with van der Waals surface area (Å²) in [5.41, 5.74) is 4.50. The van der Waals surface area contributed by atoms with Gasteiger partial charge in [0, 0.05) is 5.75 Å². The summed E-state index contributed by atoms with van der Waals surface area (Å²) in [7, 11) is -6.26. The second-order valence-electron chi connectivity index (χ2n) is 1.99. The Morgan fingerprint density at radius 2 is 1.64 bits per heavy atom. The van der Waals surface area contributed by atoms with Gasteiger partial charge in [0.15, 0.2) is 9.84 Å². The van der Waals surface area contributed by atoms with Gasteiger partial charge in [-0.15, -0.1) is 0 Å². The first-order chi connectivity index (χ1) is 6.27. The summed E-state index contributed by atoms with van der Waals surface area (Å²) >= 11 is 0. The number of nitrogens with two attached hydrogens (primary N) is 1. The predicted molar refractivity (Wildman–Crippen MR) is 51.9 cm³/mol. The maximum Gasteiger partial charge on any atom is 0.397 e. The Morgan fingerprint density at radius 3 is 1.93 bits per heavy atom. The van der Waals surface area contributed by atoms with Crippen LogP contribution in [0.15, 0.2) is 0 Å². The van der Waals surface area contributed by atoms with Crippen LogP contribution in [0.4, 0.5) is 0 Å². The van der Waals surface area contributed by atoms with E-state index in [2.05, 4.69) is 9.92 Å². The van der Waals surface area contributed by atoms with Crippen LogP contribution < -0.4 is 5.73 Å². The van der Waals surface area contributed by atoms with Gasteiger partial charge in [-0.2, -0.15) is 8.42 Å². The molecule has 0 aromatic rings. The molecule has 3 N–H and O–H groups in total. The zero-order valence-electron chi connectivity index (χ0n) is 8.00. The van der Waals surface area contributed by atoms with Gasteiger partial charge >= 0.3 is 10.4 Å². The van der Waals surface area contributed by atoms with E-state index in [1.807, 2.05) is 0 Å². The molecular weight excluding hydrogens is 234 g/mol. The van der Waals surface area contributed by atoms with Crippen molar-refractivity contribution in [2.45, 2.75) is 6.92 Å². The van der Waals surface area contributed by atoms with Crippen molar-refractivity contribution in [3.05, 3.63) is 0 Å². The quantitative estimate of drug-likeness (QED) is 0.587. The Balaban J connectivity index is 0. The van der Waals surface area contributed by atoms with Crippen LogP contribution in [0.3, 0.4) is 0 Å². The van der Waals surface area contributed by atoms with Gasteiger partial charge in [0.05, 0.1) is 12.4 Å². The van der Waals surface area contributed by atoms with Crippen molar-refractivity contribution in [3.8, 4) is 0 Å². The fraction of sp³-hybridized carbons (Fsp3) is 1.00. The minimum Gasteiger partial charge on any atom is -0.333 e. The highest BCUT2D eigenvalue weighted by Gasteiger charge is 2.10. The molecule has 0 aliphatic rings. The first-order valence-electron chi connectivity index (χ1n) is 3.67. The van der Waals surface area contributed by atoms with Crippen molar-refractivity contribution in [2.75, 3.05) is 25.2 Å². The summed E-state index contributed by atoms with van der Waals surface area (Å²) in [6, 6.07) is 0. The molecule has 0 unspecified atom stereocenters. The molecule has 0 bridgehead atoms. The molecule has 0 aliphatic carbocycles. The fourth-order valence-corrected chi connectivity index (χ4v) is 1.44. The number of sulfone groups is 1. The third kappa shape index (κ3) is 11.8. The van der Waals surface area contributed by atoms with E-state index in [1.165, 1.54) is 14.0 Å². The molecule has 0 amide bonds. The molecule has 88 valence electrons. The van der Waals surface area contributed by atoms with Gasteiger partial charge in [0.25, 0.3) is 0 Å². The van der Waals surface area contributed by atoms with E-state index in [4.69, 9.17) is 4.55 Å². The third-order valence-electron chi connectivity index (χ3n) is 1.07. The average molecular weight is 249 g/mol. The van der Waals surface area contributed by atoms with E-state index < -0.39 is 32.6 Å². The fourth-order valence-electron chi connectivity index (χ4n) is 0.411. The molecule has 0 aromatic carbocycles. The van der Waals surface area contributed by atoms with Crippen LogP contribution in [0, 0.1) is 0 Å². The van der Waals surface area contributed by atoms with Gasteiger partial charge in [-0.3, -0.25) is 4.55 Å². The zero-order valence-corrected chi connectivity index (χ0v) is 9.64. The highest BCUT2D eigenvalue weighted by Crippen LogP contribution is 1.92. The van der Waals surface area contributed by atoms with Crippen LogP contribution in [0.25, 0.3) is 0 Å². The molecule has 14 heavy (non-hydrogen) atoms. The van der Waals surface area contributed by atoms with Gasteiger partial charge in [-0.05, 0) is 7.05 Å². The van der Waals surface area contributed by atoms with E-state index >= 15 is 0 Å². The summed E-state index contributed by atoms with van der Waals surface area (Å²) in [4.78, 5) is 0. The van der Waals surface area contributed by atoms with Gasteiger partial charge in [0.2, 0.25) is 0 Å². The van der Waals surface area contributed by atoms with Crippen molar-refractivity contribution in [1.82, 2.24) is 0 Å². The van der Waals surface area contributed by atoms with Crippen molar-refractivity contribution < 1.29 is 25.6 Å². The SMILES string of the molecule is CCS(=O)(=O)CCOS(=O)(=O)O.CN. The van der Waals surface area contributed by atoms with E-state index in [0.29, 0.717) is 0 Å². The molecule has 0 atom stereocenters. The normalized spacial score (nSPS) is 11.7. The molecular formula is C5H15NO6S2. The lowest BCUT2D eigenvalue weighted by Gasteiger charge is -1.99. The minimum atomic E-state index is -4.52. The van der Waals surface area contributed by atoms with Gasteiger partial charge in [-0.25, -0.2) is 12.6 Å². The van der Waals surface area contributed by atoms with Crippen LogP contribution >= 0.6 is 0 Å². The summed E-state index contributed by atoms with van der Waals surface area (Å²) in [5.74, 6) is -0.495. The first kappa shape index (κ1) is 16.2. The Morgan fingerprint density at radius 1 is 1.21 bits per heavy atom. The molecule has 0 aromatic heterocycles. The molecule has 9 heteroatoms. The van der Waals surface area contributed by atoms with Gasteiger partial charge in [-0.1, -0.05) is 6.92 Å². The molecule has 0 heterocycles. The Kier molecular flexibility index (Phi) is 8.25. The molecule has 0 saturated carbocycles. The lowest BCUT2D eigenvalue weighted by Crippen LogP contribution is -2.16. The van der Waals surface area contributed by atoms with E-state index in [9.17, 15) is 16.8 Å². The Bertz CT molecular complexity index is 318. The zero-order chi connectivity index (χ0) is 11.8. The monoisotopic (exact) mass is 249 g/mol. The van der Waals surface area contributed by atoms with Crippen molar-refractivity contribution in [2.24, 2.45) is 5.73 Å². The molecule has 0 fully saturated rings. The first-order valence-corrected chi connectivity index (χ1v) is 6.85. The van der Waals surface area contributed by atoms with Crippen molar-refractivity contribution >= 4 is 20.2 Å². The van der Waals surface area contributed by atoms with Crippen molar-refractivity contribution in [1.29, 1.82) is 0 Å². The topological polar surface area (TPSA) is 124 Å². The van der Waals surface area contributed by atoms with Crippen LogP contribution in [-0.2, 0) is 24.4 Å². The number of hydrogen-bond acceptors (Lipinski definition) is 6. The van der Waals surface area contributed by atoms with Crippen LogP contribution in [0.1, 0.15) is 6.92 Å². The molecule has 0 aliphatic heterocycles. The van der Waals surface area contributed by atoms with E-state index in [-0.39, 0.29) is 5.75 Å². The van der Waals surface area contributed by atoms with E-state index in [1.54, 1.807) is 0 Å². The Labute approximate surface area is 84.1 Å². The summed E-state index contributed by atoms with van der Waals surface area (Å²) in [6.07, 6.45) is 0. The Hall–Kier alpha value is -0.220. The van der Waals surface area contributed by atoms with Crippen molar-refractivity contribution in [3.63, 3.8) is 0 Å². The van der Waals surface area contributed by atoms with Crippen LogP contribution in [0.2, 0.25) is 0 Å². The molecule has 0 saturated heterocycles. The van der Waals surface area contributed by atoms with Gasteiger partial charge < -0.3 is 5.73 Å². The molecule has 0 spiro atoms. The van der Waals surface area contributed by atoms with E-state index in [0.717, 1.165) is 0 Å². The smallest absolute Gasteiger partial charge is 0.333 e. The average Bonchev–Trinajstić information content (AvgIpc) is 2.05. The second-order valence-corrected chi connectivity index (χ2v) is 5.55. The molecule has 0 radical (unpaired) electrons. The number of rotatable bonds is 5. The maximum absolute atomic E-state index is 10.7. The summed E-state index contributed by atoms with van der Waals surface area (Å²) in [5, 5.41) is 0. The largest absolute Gasteiger partial charge is 0.397 e. The van der Waals surface area contributed by atoms with Crippen LogP contribution in [-0.4, -0.2) is 46.5 Å². The number of hydrogen-bond donors (Lipinski definition) is 2. The maximum atomic E-state index is 10.7. The molecule has 0 rings (SSSR count). The van der Waals surface area contributed by atoms with Gasteiger partial charge in [0.1, 0.15) is 0 Å². The third-order valence-corrected chi connectivity index (χ3v) is 3.20. The highest BCUT2D eigenvalue weighted by molar-refractivity contribution is 7.91. The standard InChI is InChI=1S/C4H10O6S2.CH5N/c1-2-11(5,6)4-3-10-12(7,8)9;1-2/h2-4H2,1H3,(H,7,8,9);2H2,1H3. The summed E-state index contributed by atoms with van der Waals surface area (Å²) in [6.45, 7) is 0.887. The van der Waals surface area contributed by atoms with Crippen LogP contribution in [0.5, 0.6) is 0 Å².